The Labute approximate surface area is 105 Å². The highest BCUT2D eigenvalue weighted by Crippen LogP contribution is 2.10. The minimum Gasteiger partial charge on any atom is -0.289 e. The Kier molecular flexibility index (Phi) is 3.63. The highest BCUT2D eigenvalue weighted by Gasteiger charge is 2.04. The summed E-state index contributed by atoms with van der Waals surface area (Å²) >= 11 is 0. The highest BCUT2D eigenvalue weighted by atomic mass is 19.1. The summed E-state index contributed by atoms with van der Waals surface area (Å²) < 4.78 is 13.1. The van der Waals surface area contributed by atoms with Crippen LogP contribution in [0.2, 0.25) is 0 Å². The molecule has 0 N–H and O–H groups in total. The van der Waals surface area contributed by atoms with Crippen molar-refractivity contribution >= 4 is 11.9 Å². The third kappa shape index (κ3) is 2.88. The topological polar surface area (TPSA) is 30.0 Å². The number of rotatable bonds is 3. The van der Waals surface area contributed by atoms with Crippen molar-refractivity contribution in [1.29, 1.82) is 0 Å². The van der Waals surface area contributed by atoms with Gasteiger partial charge in [0.15, 0.2) is 5.78 Å². The number of hydrogen-bond donors (Lipinski definition) is 0. The average molecular weight is 241 g/mol. The van der Waals surface area contributed by atoms with Crippen molar-refractivity contribution in [2.45, 2.75) is 6.92 Å². The van der Waals surface area contributed by atoms with Gasteiger partial charge in [0.25, 0.3) is 0 Å². The molecule has 0 radical (unpaired) electrons. The third-order valence-corrected chi connectivity index (χ3v) is 2.54. The smallest absolute Gasteiger partial charge is 0.185 e. The molecule has 0 aliphatic rings. The van der Waals surface area contributed by atoms with Crippen LogP contribution in [0.1, 0.15) is 21.6 Å². The summed E-state index contributed by atoms with van der Waals surface area (Å²) in [4.78, 5) is 15.9. The first-order chi connectivity index (χ1) is 8.66. The number of allylic oxidation sites excluding steroid dienone is 1. The molecule has 0 amide bonds. The molecule has 0 saturated heterocycles. The molecule has 0 fully saturated rings. The molecule has 2 nitrogen and oxygen atoms in total. The molecule has 0 atom stereocenters. The SMILES string of the molecule is Cc1cc(C(=O)/C=C/c2ccccn2)ccc1F. The summed E-state index contributed by atoms with van der Waals surface area (Å²) in [5.74, 6) is -0.469. The van der Waals surface area contributed by atoms with E-state index in [9.17, 15) is 9.18 Å². The van der Waals surface area contributed by atoms with Gasteiger partial charge in [-0.25, -0.2) is 4.39 Å². The van der Waals surface area contributed by atoms with Crippen molar-refractivity contribution in [2.75, 3.05) is 0 Å². The number of carbonyl (C=O) groups excluding carboxylic acids is 1. The van der Waals surface area contributed by atoms with Crippen molar-refractivity contribution in [3.05, 3.63) is 71.3 Å². The van der Waals surface area contributed by atoms with Crippen LogP contribution < -0.4 is 0 Å². The summed E-state index contributed by atoms with van der Waals surface area (Å²) in [5, 5.41) is 0. The third-order valence-electron chi connectivity index (χ3n) is 2.54. The van der Waals surface area contributed by atoms with E-state index in [-0.39, 0.29) is 11.6 Å². The Morgan fingerprint density at radius 3 is 2.78 bits per heavy atom. The van der Waals surface area contributed by atoms with Gasteiger partial charge in [-0.05, 0) is 55.0 Å². The van der Waals surface area contributed by atoms with Crippen LogP contribution in [0.3, 0.4) is 0 Å². The van der Waals surface area contributed by atoms with E-state index in [1.165, 1.54) is 18.2 Å². The van der Waals surface area contributed by atoms with Gasteiger partial charge in [0.2, 0.25) is 0 Å². The second-order valence-electron chi connectivity index (χ2n) is 3.92. The summed E-state index contributed by atoms with van der Waals surface area (Å²) in [7, 11) is 0. The zero-order chi connectivity index (χ0) is 13.0. The lowest BCUT2D eigenvalue weighted by molar-refractivity contribution is 0.104. The lowest BCUT2D eigenvalue weighted by Gasteiger charge is -1.99. The van der Waals surface area contributed by atoms with Crippen LogP contribution in [0.5, 0.6) is 0 Å². The Hall–Kier alpha value is -2.29. The molecule has 90 valence electrons. The summed E-state index contributed by atoms with van der Waals surface area (Å²) in [5.41, 5.74) is 1.65. The van der Waals surface area contributed by atoms with E-state index in [1.807, 2.05) is 12.1 Å². The standard InChI is InChI=1S/C15H12FNO/c1-11-10-12(5-7-14(11)16)15(18)8-6-13-4-2-3-9-17-13/h2-10H,1H3/b8-6+. The number of nitrogens with zero attached hydrogens (tertiary/aromatic N) is 1. The van der Waals surface area contributed by atoms with Crippen LogP contribution >= 0.6 is 0 Å². The van der Waals surface area contributed by atoms with Crippen molar-refractivity contribution in [3.8, 4) is 0 Å². The van der Waals surface area contributed by atoms with Gasteiger partial charge in [-0.3, -0.25) is 9.78 Å². The van der Waals surface area contributed by atoms with Gasteiger partial charge in [0, 0.05) is 11.8 Å². The van der Waals surface area contributed by atoms with Crippen LogP contribution in [-0.4, -0.2) is 10.8 Å². The molecule has 0 aliphatic carbocycles. The number of pyridine rings is 1. The normalized spacial score (nSPS) is 10.8. The number of benzene rings is 1. The molecule has 1 heterocycles. The van der Waals surface area contributed by atoms with Gasteiger partial charge in [0.05, 0.1) is 5.69 Å². The minimum atomic E-state index is -0.305. The Bertz CT molecular complexity index is 591. The Balaban J connectivity index is 2.17. The fraction of sp³-hybridized carbons (Fsp3) is 0.0667. The van der Waals surface area contributed by atoms with Crippen LogP contribution in [0.15, 0.2) is 48.7 Å². The van der Waals surface area contributed by atoms with Gasteiger partial charge in [-0.2, -0.15) is 0 Å². The number of aryl methyl sites for hydroxylation is 1. The largest absolute Gasteiger partial charge is 0.289 e. The van der Waals surface area contributed by atoms with Crippen LogP contribution in [0, 0.1) is 12.7 Å². The molecule has 3 heteroatoms. The van der Waals surface area contributed by atoms with E-state index in [2.05, 4.69) is 4.98 Å². The molecule has 0 aliphatic heterocycles. The monoisotopic (exact) mass is 241 g/mol. The molecule has 1 aromatic carbocycles. The van der Waals surface area contributed by atoms with Crippen molar-refractivity contribution in [3.63, 3.8) is 0 Å². The van der Waals surface area contributed by atoms with E-state index in [0.717, 1.165) is 0 Å². The second kappa shape index (κ2) is 5.36. The maximum atomic E-state index is 13.1. The van der Waals surface area contributed by atoms with Gasteiger partial charge >= 0.3 is 0 Å². The van der Waals surface area contributed by atoms with Gasteiger partial charge in [0.1, 0.15) is 5.82 Å². The van der Waals surface area contributed by atoms with Crippen LogP contribution in [0.4, 0.5) is 4.39 Å². The predicted octanol–water partition coefficient (Wildman–Crippen LogP) is 3.43. The van der Waals surface area contributed by atoms with E-state index in [4.69, 9.17) is 0 Å². The molecule has 1 aromatic heterocycles. The molecule has 0 bridgehead atoms. The zero-order valence-electron chi connectivity index (χ0n) is 9.93. The highest BCUT2D eigenvalue weighted by molar-refractivity contribution is 6.06. The first-order valence-corrected chi connectivity index (χ1v) is 5.56. The Morgan fingerprint density at radius 2 is 2.11 bits per heavy atom. The number of hydrogen-bond acceptors (Lipinski definition) is 2. The maximum Gasteiger partial charge on any atom is 0.185 e. The summed E-state index contributed by atoms with van der Waals surface area (Å²) in [6, 6.07) is 9.78. The quantitative estimate of drug-likeness (QED) is 0.608. The van der Waals surface area contributed by atoms with Gasteiger partial charge in [-0.15, -0.1) is 0 Å². The number of carbonyl (C=O) groups is 1. The van der Waals surface area contributed by atoms with Gasteiger partial charge < -0.3 is 0 Å². The van der Waals surface area contributed by atoms with E-state index in [0.29, 0.717) is 16.8 Å². The van der Waals surface area contributed by atoms with Crippen LogP contribution in [0.25, 0.3) is 6.08 Å². The summed E-state index contributed by atoms with van der Waals surface area (Å²) in [6.07, 6.45) is 4.74. The average Bonchev–Trinajstić information content (AvgIpc) is 2.40. The molecule has 2 rings (SSSR count). The molecule has 0 spiro atoms. The fourth-order valence-electron chi connectivity index (χ4n) is 1.53. The van der Waals surface area contributed by atoms with E-state index in [1.54, 1.807) is 31.3 Å². The minimum absolute atomic E-state index is 0.163. The zero-order valence-corrected chi connectivity index (χ0v) is 9.93. The lowest BCUT2D eigenvalue weighted by Crippen LogP contribution is -1.96. The predicted molar refractivity (Wildman–Crippen MR) is 68.7 cm³/mol. The van der Waals surface area contributed by atoms with Crippen molar-refractivity contribution in [1.82, 2.24) is 4.98 Å². The molecular weight excluding hydrogens is 229 g/mol. The Morgan fingerprint density at radius 1 is 1.28 bits per heavy atom. The molecular formula is C15H12FNO. The number of aromatic nitrogens is 1. The molecule has 18 heavy (non-hydrogen) atoms. The number of halogens is 1. The molecule has 2 aromatic rings. The van der Waals surface area contributed by atoms with E-state index >= 15 is 0 Å². The number of ketones is 1. The van der Waals surface area contributed by atoms with Gasteiger partial charge in [-0.1, -0.05) is 6.07 Å². The first-order valence-electron chi connectivity index (χ1n) is 5.56. The fourth-order valence-corrected chi connectivity index (χ4v) is 1.53. The van der Waals surface area contributed by atoms with E-state index < -0.39 is 0 Å². The van der Waals surface area contributed by atoms with Crippen molar-refractivity contribution in [2.24, 2.45) is 0 Å². The summed E-state index contributed by atoms with van der Waals surface area (Å²) in [6.45, 7) is 1.63. The van der Waals surface area contributed by atoms with Crippen LogP contribution in [-0.2, 0) is 0 Å². The first kappa shape index (κ1) is 12.2. The lowest BCUT2D eigenvalue weighted by atomic mass is 10.1. The molecule has 0 saturated carbocycles. The maximum absolute atomic E-state index is 13.1. The second-order valence-corrected chi connectivity index (χ2v) is 3.92. The molecule has 0 unspecified atom stereocenters. The van der Waals surface area contributed by atoms with Crippen molar-refractivity contribution < 1.29 is 9.18 Å².